The van der Waals surface area contributed by atoms with Crippen LogP contribution < -0.4 is 16.0 Å². The van der Waals surface area contributed by atoms with E-state index in [9.17, 15) is 0 Å². The Morgan fingerprint density at radius 2 is 1.67 bits per heavy atom. The lowest BCUT2D eigenvalue weighted by molar-refractivity contribution is 0.211. The van der Waals surface area contributed by atoms with Crippen molar-refractivity contribution in [1.29, 1.82) is 0 Å². The van der Waals surface area contributed by atoms with Crippen molar-refractivity contribution in [3.05, 3.63) is 65.7 Å². The van der Waals surface area contributed by atoms with E-state index in [2.05, 4.69) is 76.4 Å². The molecule has 0 fully saturated rings. The Morgan fingerprint density at radius 3 is 2.33 bits per heavy atom. The Balaban J connectivity index is 0.00000364. The second kappa shape index (κ2) is 14.3. The van der Waals surface area contributed by atoms with Crippen molar-refractivity contribution >= 4 is 35.6 Å². The van der Waals surface area contributed by atoms with E-state index in [1.54, 1.807) is 7.11 Å². The van der Waals surface area contributed by atoms with Crippen molar-refractivity contribution in [2.24, 2.45) is 4.99 Å². The lowest BCUT2D eigenvalue weighted by Gasteiger charge is -2.11. The predicted molar refractivity (Wildman–Crippen MR) is 125 cm³/mol. The van der Waals surface area contributed by atoms with Gasteiger partial charge in [-0.3, -0.25) is 0 Å². The Kier molecular flexibility index (Phi) is 12.3. The number of guanidine groups is 1. The Labute approximate surface area is 180 Å². The van der Waals surface area contributed by atoms with Gasteiger partial charge in [0.2, 0.25) is 0 Å². The number of halogens is 1. The fourth-order valence-electron chi connectivity index (χ4n) is 2.51. The average molecular weight is 482 g/mol. The maximum Gasteiger partial charge on any atom is 0.191 e. The first-order valence-electron chi connectivity index (χ1n) is 9.19. The topological polar surface area (TPSA) is 57.7 Å². The normalized spacial score (nSPS) is 10.8. The van der Waals surface area contributed by atoms with Gasteiger partial charge >= 0.3 is 0 Å². The molecule has 0 bridgehead atoms. The van der Waals surface area contributed by atoms with Crippen molar-refractivity contribution in [3.8, 4) is 0 Å². The first kappa shape index (κ1) is 23.2. The van der Waals surface area contributed by atoms with E-state index < -0.39 is 0 Å². The van der Waals surface area contributed by atoms with Crippen LogP contribution in [-0.2, 0) is 17.7 Å². The second-order valence-electron chi connectivity index (χ2n) is 5.97. The van der Waals surface area contributed by atoms with Crippen LogP contribution in [0, 0.1) is 0 Å². The summed E-state index contributed by atoms with van der Waals surface area (Å²) in [5.74, 6) is 0.853. The number of nitrogens with one attached hydrogen (secondary N) is 3. The zero-order chi connectivity index (χ0) is 18.5. The van der Waals surface area contributed by atoms with Crippen LogP contribution in [0.2, 0.25) is 0 Å². The minimum atomic E-state index is 0. The molecule has 0 unspecified atom stereocenters. The summed E-state index contributed by atoms with van der Waals surface area (Å²) in [5.41, 5.74) is 3.61. The van der Waals surface area contributed by atoms with E-state index in [-0.39, 0.29) is 24.0 Å². The zero-order valence-corrected chi connectivity index (χ0v) is 18.5. The highest BCUT2D eigenvalue weighted by Crippen LogP contribution is 2.10. The van der Waals surface area contributed by atoms with Crippen molar-refractivity contribution in [2.75, 3.05) is 38.7 Å². The molecule has 148 valence electrons. The van der Waals surface area contributed by atoms with Crippen LogP contribution in [0.4, 0.5) is 5.69 Å². The molecule has 0 aromatic heterocycles. The smallest absolute Gasteiger partial charge is 0.191 e. The van der Waals surface area contributed by atoms with Crippen LogP contribution in [0.3, 0.4) is 0 Å². The summed E-state index contributed by atoms with van der Waals surface area (Å²) < 4.78 is 5.04. The zero-order valence-electron chi connectivity index (χ0n) is 16.2. The Bertz CT molecular complexity index is 647. The molecule has 2 rings (SSSR count). The van der Waals surface area contributed by atoms with Crippen LogP contribution in [0.25, 0.3) is 0 Å². The quantitative estimate of drug-likeness (QED) is 0.210. The standard InChI is InChI=1S/C21H30N4O.HI/c1-3-22-21(24-14-13-18-7-5-4-6-8-18)25-17-19-9-11-20(12-10-19)23-15-16-26-2;/h4-12,23H,3,13-17H2,1-2H3,(H2,22,24,25);1H. The number of benzene rings is 2. The minimum absolute atomic E-state index is 0. The largest absolute Gasteiger partial charge is 0.383 e. The molecule has 0 radical (unpaired) electrons. The number of hydrogen-bond acceptors (Lipinski definition) is 3. The van der Waals surface area contributed by atoms with Gasteiger partial charge in [0.1, 0.15) is 0 Å². The van der Waals surface area contributed by atoms with Crippen molar-refractivity contribution in [3.63, 3.8) is 0 Å². The molecule has 6 heteroatoms. The van der Waals surface area contributed by atoms with E-state index in [1.165, 1.54) is 11.1 Å². The van der Waals surface area contributed by atoms with Crippen molar-refractivity contribution in [2.45, 2.75) is 19.9 Å². The summed E-state index contributed by atoms with van der Waals surface area (Å²) in [5, 5.41) is 10.0. The molecule has 2 aromatic carbocycles. The first-order valence-corrected chi connectivity index (χ1v) is 9.19. The fraction of sp³-hybridized carbons (Fsp3) is 0.381. The number of hydrogen-bond donors (Lipinski definition) is 3. The van der Waals surface area contributed by atoms with Crippen LogP contribution in [0.5, 0.6) is 0 Å². The van der Waals surface area contributed by atoms with Gasteiger partial charge in [0.25, 0.3) is 0 Å². The van der Waals surface area contributed by atoms with Gasteiger partial charge < -0.3 is 20.7 Å². The van der Waals surface area contributed by atoms with E-state index in [0.717, 1.165) is 37.7 Å². The Morgan fingerprint density at radius 1 is 0.926 bits per heavy atom. The third-order valence-electron chi connectivity index (χ3n) is 3.90. The highest BCUT2D eigenvalue weighted by molar-refractivity contribution is 14.0. The molecule has 0 saturated heterocycles. The van der Waals surface area contributed by atoms with Gasteiger partial charge in [-0.05, 0) is 36.6 Å². The minimum Gasteiger partial charge on any atom is -0.383 e. The van der Waals surface area contributed by atoms with Crippen LogP contribution in [-0.4, -0.2) is 39.3 Å². The van der Waals surface area contributed by atoms with Crippen LogP contribution in [0.15, 0.2) is 59.6 Å². The van der Waals surface area contributed by atoms with E-state index in [0.29, 0.717) is 13.2 Å². The highest BCUT2D eigenvalue weighted by Gasteiger charge is 1.99. The van der Waals surface area contributed by atoms with Gasteiger partial charge in [-0.25, -0.2) is 4.99 Å². The lowest BCUT2D eigenvalue weighted by Crippen LogP contribution is -2.38. The molecular formula is C21H31IN4O. The molecule has 0 aliphatic carbocycles. The van der Waals surface area contributed by atoms with Gasteiger partial charge in [0.15, 0.2) is 5.96 Å². The van der Waals surface area contributed by atoms with Crippen LogP contribution >= 0.6 is 24.0 Å². The number of ether oxygens (including phenoxy) is 1. The molecule has 0 saturated carbocycles. The maximum atomic E-state index is 5.04. The molecular weight excluding hydrogens is 451 g/mol. The molecule has 5 nitrogen and oxygen atoms in total. The van der Waals surface area contributed by atoms with Crippen LogP contribution in [0.1, 0.15) is 18.1 Å². The second-order valence-corrected chi connectivity index (χ2v) is 5.97. The molecule has 0 spiro atoms. The van der Waals surface area contributed by atoms with E-state index in [4.69, 9.17) is 4.74 Å². The summed E-state index contributed by atoms with van der Waals surface area (Å²) in [6.45, 7) is 5.95. The highest BCUT2D eigenvalue weighted by atomic mass is 127. The summed E-state index contributed by atoms with van der Waals surface area (Å²) in [4.78, 5) is 4.67. The molecule has 3 N–H and O–H groups in total. The molecule has 0 heterocycles. The summed E-state index contributed by atoms with van der Waals surface area (Å²) in [7, 11) is 1.71. The van der Waals surface area contributed by atoms with Gasteiger partial charge in [-0.15, -0.1) is 24.0 Å². The SMILES string of the molecule is CCNC(=NCc1ccc(NCCOC)cc1)NCCc1ccccc1.I. The van der Waals surface area contributed by atoms with E-state index >= 15 is 0 Å². The number of nitrogens with zero attached hydrogens (tertiary/aromatic N) is 1. The number of anilines is 1. The van der Waals surface area contributed by atoms with Gasteiger partial charge in [-0.2, -0.15) is 0 Å². The molecule has 0 amide bonds. The third kappa shape index (κ3) is 9.63. The van der Waals surface area contributed by atoms with Crippen molar-refractivity contribution in [1.82, 2.24) is 10.6 Å². The maximum absolute atomic E-state index is 5.04. The average Bonchev–Trinajstić information content (AvgIpc) is 2.68. The molecule has 0 atom stereocenters. The molecule has 0 aliphatic heterocycles. The lowest BCUT2D eigenvalue weighted by atomic mass is 10.1. The number of methoxy groups -OCH3 is 1. The van der Waals surface area contributed by atoms with Crippen molar-refractivity contribution < 1.29 is 4.74 Å². The van der Waals surface area contributed by atoms with Gasteiger partial charge in [0.05, 0.1) is 13.2 Å². The molecule has 0 aliphatic rings. The summed E-state index contributed by atoms with van der Waals surface area (Å²) in [6, 6.07) is 18.8. The molecule has 27 heavy (non-hydrogen) atoms. The third-order valence-corrected chi connectivity index (χ3v) is 3.90. The van der Waals surface area contributed by atoms with Gasteiger partial charge in [-0.1, -0.05) is 42.5 Å². The fourth-order valence-corrected chi connectivity index (χ4v) is 2.51. The first-order chi connectivity index (χ1) is 12.8. The number of rotatable bonds is 10. The summed E-state index contributed by atoms with van der Waals surface area (Å²) >= 11 is 0. The predicted octanol–water partition coefficient (Wildman–Crippen LogP) is 3.66. The Hall–Kier alpha value is -1.80. The summed E-state index contributed by atoms with van der Waals surface area (Å²) in [6.07, 6.45) is 0.979. The number of aliphatic imine (C=N–C) groups is 1. The molecule has 2 aromatic rings. The van der Waals surface area contributed by atoms with E-state index in [1.807, 2.05) is 6.07 Å². The monoisotopic (exact) mass is 482 g/mol. The van der Waals surface area contributed by atoms with Gasteiger partial charge in [0, 0.05) is 32.4 Å².